The van der Waals surface area contributed by atoms with E-state index in [2.05, 4.69) is 17.6 Å². The van der Waals surface area contributed by atoms with E-state index in [1.165, 1.54) is 0 Å². The van der Waals surface area contributed by atoms with Gasteiger partial charge in [0.1, 0.15) is 12.6 Å². The summed E-state index contributed by atoms with van der Waals surface area (Å²) in [5, 5.41) is 1.70. The molecule has 3 aromatic rings. The number of piperazine rings is 1. The minimum absolute atomic E-state index is 0.0348. The smallest absolute Gasteiger partial charge is 0.246 e. The maximum absolute atomic E-state index is 13.3. The number of rotatable bonds is 3. The summed E-state index contributed by atoms with van der Waals surface area (Å²) in [7, 11) is 0. The molecule has 146 valence electrons. The van der Waals surface area contributed by atoms with Crippen LogP contribution in [0.2, 0.25) is 5.02 Å². The second-order valence-electron chi connectivity index (χ2n) is 7.55. The highest BCUT2D eigenvalue weighted by molar-refractivity contribution is 6.30. The number of fused-ring (bicyclic) bond motifs is 4. The molecule has 1 saturated heterocycles. The Morgan fingerprint density at radius 2 is 2.00 bits per heavy atom. The Bertz CT molecular complexity index is 1150. The number of nitrogens with zero attached hydrogens (tertiary/aromatic N) is 2. The van der Waals surface area contributed by atoms with Gasteiger partial charge in [0.05, 0.1) is 6.04 Å². The number of H-pyrrole nitrogens is 1. The average Bonchev–Trinajstić information content (AvgIpc) is 3.09. The predicted molar refractivity (Wildman–Crippen MR) is 113 cm³/mol. The highest BCUT2D eigenvalue weighted by Gasteiger charge is 2.47. The number of carbonyl (C=O) groups is 2. The zero-order chi connectivity index (χ0) is 20.1. The van der Waals surface area contributed by atoms with Crippen LogP contribution in [0.4, 0.5) is 0 Å². The molecule has 29 heavy (non-hydrogen) atoms. The van der Waals surface area contributed by atoms with Crippen LogP contribution >= 0.6 is 11.6 Å². The predicted octanol–water partition coefficient (Wildman–Crippen LogP) is 3.69. The third kappa shape index (κ3) is 2.76. The summed E-state index contributed by atoms with van der Waals surface area (Å²) >= 11 is 6.27. The lowest BCUT2D eigenvalue weighted by Gasteiger charge is -2.47. The first-order chi connectivity index (χ1) is 14.1. The number of halogens is 1. The molecule has 2 aliphatic heterocycles. The minimum Gasteiger partial charge on any atom is -0.356 e. The van der Waals surface area contributed by atoms with E-state index >= 15 is 0 Å². The molecule has 2 aromatic carbocycles. The van der Waals surface area contributed by atoms with Crippen LogP contribution in [0.3, 0.4) is 0 Å². The van der Waals surface area contributed by atoms with E-state index < -0.39 is 6.04 Å². The van der Waals surface area contributed by atoms with Crippen LogP contribution in [-0.2, 0) is 16.0 Å². The van der Waals surface area contributed by atoms with Crippen molar-refractivity contribution in [1.29, 1.82) is 0 Å². The molecule has 2 atom stereocenters. The molecule has 0 radical (unpaired) electrons. The van der Waals surface area contributed by atoms with Gasteiger partial charge in [-0.05, 0) is 29.3 Å². The topological polar surface area (TPSA) is 56.4 Å². The van der Waals surface area contributed by atoms with Gasteiger partial charge in [-0.25, -0.2) is 0 Å². The molecular formula is C23H20ClN3O2. The van der Waals surface area contributed by atoms with Crippen LogP contribution in [0.25, 0.3) is 10.9 Å². The van der Waals surface area contributed by atoms with Gasteiger partial charge in [-0.2, -0.15) is 0 Å². The Balaban J connectivity index is 1.73. The molecular weight excluding hydrogens is 386 g/mol. The Hall–Kier alpha value is -3.05. The van der Waals surface area contributed by atoms with E-state index in [0.29, 0.717) is 18.0 Å². The molecule has 6 heteroatoms. The summed E-state index contributed by atoms with van der Waals surface area (Å²) < 4.78 is 0. The van der Waals surface area contributed by atoms with Crippen LogP contribution < -0.4 is 0 Å². The molecule has 2 amide bonds. The Morgan fingerprint density at radius 3 is 2.79 bits per heavy atom. The average molecular weight is 406 g/mol. The number of aromatic nitrogens is 1. The van der Waals surface area contributed by atoms with Crippen molar-refractivity contribution in [2.45, 2.75) is 18.5 Å². The van der Waals surface area contributed by atoms with Crippen molar-refractivity contribution in [1.82, 2.24) is 14.8 Å². The fourth-order valence-electron chi connectivity index (χ4n) is 4.66. The van der Waals surface area contributed by atoms with Gasteiger partial charge in [-0.3, -0.25) is 9.59 Å². The van der Waals surface area contributed by atoms with Gasteiger partial charge in [0.25, 0.3) is 0 Å². The van der Waals surface area contributed by atoms with E-state index in [1.807, 2.05) is 42.5 Å². The first kappa shape index (κ1) is 18.0. The number of amides is 2. The van der Waals surface area contributed by atoms with Gasteiger partial charge in [-0.1, -0.05) is 48.0 Å². The molecule has 0 saturated carbocycles. The zero-order valence-corrected chi connectivity index (χ0v) is 16.5. The maximum Gasteiger partial charge on any atom is 0.246 e. The van der Waals surface area contributed by atoms with Crippen molar-refractivity contribution >= 4 is 34.3 Å². The van der Waals surface area contributed by atoms with Gasteiger partial charge in [0.15, 0.2) is 0 Å². The van der Waals surface area contributed by atoms with Gasteiger partial charge in [0.2, 0.25) is 11.8 Å². The van der Waals surface area contributed by atoms with Crippen molar-refractivity contribution in [3.63, 3.8) is 0 Å². The monoisotopic (exact) mass is 405 g/mol. The fourth-order valence-corrected chi connectivity index (χ4v) is 4.86. The van der Waals surface area contributed by atoms with Crippen LogP contribution in [0.15, 0.2) is 61.2 Å². The molecule has 0 bridgehead atoms. The van der Waals surface area contributed by atoms with Crippen LogP contribution in [0, 0.1) is 0 Å². The molecule has 0 aliphatic carbocycles. The molecule has 1 N–H and O–H groups in total. The number of carbonyl (C=O) groups excluding carboxylic acids is 2. The third-order valence-corrected chi connectivity index (χ3v) is 6.09. The standard InChI is InChI=1S/C23H20ClN3O2/c1-2-10-26-13-20(28)27-19(23(26)29)12-17-16-8-3-4-9-18(16)25-21(17)22(27)14-6-5-7-15(24)11-14/h2-9,11,19,22,25H,1,10,12-13H2. The van der Waals surface area contributed by atoms with Crippen molar-refractivity contribution in [3.05, 3.63) is 83.0 Å². The highest BCUT2D eigenvalue weighted by Crippen LogP contribution is 2.42. The molecule has 2 unspecified atom stereocenters. The van der Waals surface area contributed by atoms with Crippen molar-refractivity contribution in [2.24, 2.45) is 0 Å². The lowest BCUT2D eigenvalue weighted by molar-refractivity contribution is -0.158. The molecule has 5 nitrogen and oxygen atoms in total. The summed E-state index contributed by atoms with van der Waals surface area (Å²) in [5.74, 6) is -0.0989. The van der Waals surface area contributed by atoms with E-state index in [0.717, 1.165) is 27.7 Å². The van der Waals surface area contributed by atoms with Crippen molar-refractivity contribution in [2.75, 3.05) is 13.1 Å². The van der Waals surface area contributed by atoms with Crippen LogP contribution in [0.5, 0.6) is 0 Å². The van der Waals surface area contributed by atoms with Crippen molar-refractivity contribution in [3.8, 4) is 0 Å². The molecule has 2 aliphatic rings. The van der Waals surface area contributed by atoms with Crippen LogP contribution in [0.1, 0.15) is 22.9 Å². The quantitative estimate of drug-likeness (QED) is 0.675. The number of para-hydroxylation sites is 1. The Labute approximate surface area is 173 Å². The molecule has 3 heterocycles. The second kappa shape index (κ2) is 6.78. The maximum atomic E-state index is 13.3. The van der Waals surface area contributed by atoms with Crippen LogP contribution in [-0.4, -0.2) is 45.7 Å². The first-order valence-electron chi connectivity index (χ1n) is 9.64. The normalized spacial score (nSPS) is 21.3. The summed E-state index contributed by atoms with van der Waals surface area (Å²) in [6.07, 6.45) is 2.16. The van der Waals surface area contributed by atoms with E-state index in [1.54, 1.807) is 15.9 Å². The Morgan fingerprint density at radius 1 is 1.17 bits per heavy atom. The number of benzene rings is 2. The van der Waals surface area contributed by atoms with Gasteiger partial charge >= 0.3 is 0 Å². The molecule has 0 spiro atoms. The Kier molecular flexibility index (Phi) is 4.21. The fraction of sp³-hybridized carbons (Fsp3) is 0.217. The lowest BCUT2D eigenvalue weighted by Crippen LogP contribution is -2.62. The number of hydrogen-bond acceptors (Lipinski definition) is 2. The number of hydrogen-bond donors (Lipinski definition) is 1. The summed E-state index contributed by atoms with van der Waals surface area (Å²) in [5.41, 5.74) is 3.96. The molecule has 5 rings (SSSR count). The number of aromatic amines is 1. The van der Waals surface area contributed by atoms with Gasteiger partial charge < -0.3 is 14.8 Å². The molecule has 1 fully saturated rings. The largest absolute Gasteiger partial charge is 0.356 e. The van der Waals surface area contributed by atoms with E-state index in [-0.39, 0.29) is 24.4 Å². The number of nitrogens with one attached hydrogen (secondary N) is 1. The third-order valence-electron chi connectivity index (χ3n) is 5.86. The minimum atomic E-state index is -0.535. The highest BCUT2D eigenvalue weighted by atomic mass is 35.5. The lowest BCUT2D eigenvalue weighted by atomic mass is 9.86. The zero-order valence-electron chi connectivity index (χ0n) is 15.8. The molecule has 1 aromatic heterocycles. The summed E-state index contributed by atoms with van der Waals surface area (Å²) in [6.45, 7) is 4.16. The summed E-state index contributed by atoms with van der Waals surface area (Å²) in [4.78, 5) is 33.3. The van der Waals surface area contributed by atoms with E-state index in [9.17, 15) is 9.59 Å². The SMILES string of the molecule is C=CCN1CC(=O)N2C(Cc3c([nH]c4ccccc34)C2c2cccc(Cl)c2)C1=O. The first-order valence-corrected chi connectivity index (χ1v) is 10.0. The summed E-state index contributed by atoms with van der Waals surface area (Å²) in [6, 6.07) is 14.7. The van der Waals surface area contributed by atoms with Gasteiger partial charge in [-0.15, -0.1) is 6.58 Å². The van der Waals surface area contributed by atoms with Crippen molar-refractivity contribution < 1.29 is 9.59 Å². The second-order valence-corrected chi connectivity index (χ2v) is 7.99. The van der Waals surface area contributed by atoms with Gasteiger partial charge in [0, 0.05) is 34.6 Å². The van der Waals surface area contributed by atoms with E-state index in [4.69, 9.17) is 11.6 Å².